The molecule has 0 aliphatic carbocycles. The number of ether oxygens (including phenoxy) is 1. The Bertz CT molecular complexity index is 1190. The molecule has 2 aromatic carbocycles. The molecule has 1 aromatic heterocycles. The number of carbonyl (C=O) groups excluding carboxylic acids is 1. The lowest BCUT2D eigenvalue weighted by atomic mass is 9.96. The third-order valence-corrected chi connectivity index (χ3v) is 6.86. The Hall–Kier alpha value is -3.05. The van der Waals surface area contributed by atoms with Crippen LogP contribution >= 0.6 is 0 Å². The van der Waals surface area contributed by atoms with Crippen molar-refractivity contribution in [1.82, 2.24) is 10.2 Å². The number of hydrogen-bond donors (Lipinski definition) is 1. The summed E-state index contributed by atoms with van der Waals surface area (Å²) in [7, 11) is 0. The lowest BCUT2D eigenvalue weighted by Gasteiger charge is -2.19. The average molecular weight is 491 g/mol. The fourth-order valence-electron chi connectivity index (χ4n) is 4.69. The van der Waals surface area contributed by atoms with E-state index in [0.29, 0.717) is 6.61 Å². The third kappa shape index (κ3) is 6.58. The van der Waals surface area contributed by atoms with Crippen molar-refractivity contribution >= 4 is 22.4 Å². The monoisotopic (exact) mass is 490 g/mol. The van der Waals surface area contributed by atoms with Gasteiger partial charge in [-0.05, 0) is 84.3 Å². The highest BCUT2D eigenvalue weighted by Crippen LogP contribution is 2.40. The first-order valence-electron chi connectivity index (χ1n) is 13.2. The molecule has 0 saturated heterocycles. The van der Waals surface area contributed by atoms with Gasteiger partial charge in [0.2, 0.25) is 5.91 Å². The average Bonchev–Trinajstić information content (AvgIpc) is 3.28. The standard InChI is InChI=1S/C31H42N2O3/c1-8-33(9-2)17-11-12-23(6)32-29(34)18-22(5)26-19-27-28(25-15-13-21(4)14-16-25)20-36-31(27)24(7)30(26)35-10-3/h13-16,18-20,23H,8-12,17H2,1-7H3,(H,32,34)/b22-18+. The number of rotatable bonds is 12. The molecule has 3 aromatic rings. The van der Waals surface area contributed by atoms with Gasteiger partial charge >= 0.3 is 0 Å². The van der Waals surface area contributed by atoms with E-state index in [1.165, 1.54) is 5.56 Å². The number of nitrogens with zero attached hydrogens (tertiary/aromatic N) is 1. The van der Waals surface area contributed by atoms with Crippen LogP contribution in [0.5, 0.6) is 5.75 Å². The van der Waals surface area contributed by atoms with Crippen molar-refractivity contribution in [3.05, 3.63) is 59.4 Å². The van der Waals surface area contributed by atoms with Gasteiger partial charge < -0.3 is 19.4 Å². The molecule has 5 heteroatoms. The maximum absolute atomic E-state index is 12.9. The number of aryl methyl sites for hydroxylation is 2. The maximum atomic E-state index is 12.9. The largest absolute Gasteiger partial charge is 0.493 e. The number of furan rings is 1. The maximum Gasteiger partial charge on any atom is 0.244 e. The zero-order valence-corrected chi connectivity index (χ0v) is 23.0. The van der Waals surface area contributed by atoms with Gasteiger partial charge in [-0.25, -0.2) is 0 Å². The summed E-state index contributed by atoms with van der Waals surface area (Å²) in [6.45, 7) is 18.2. The third-order valence-electron chi connectivity index (χ3n) is 6.86. The first-order chi connectivity index (χ1) is 17.3. The zero-order valence-electron chi connectivity index (χ0n) is 23.0. The van der Waals surface area contributed by atoms with Crippen LogP contribution in [0.2, 0.25) is 0 Å². The topological polar surface area (TPSA) is 54.7 Å². The Morgan fingerprint density at radius 3 is 2.47 bits per heavy atom. The number of allylic oxidation sites excluding steroid dienone is 1. The molecule has 0 radical (unpaired) electrons. The predicted molar refractivity (Wildman–Crippen MR) is 151 cm³/mol. The molecule has 1 N–H and O–H groups in total. The number of amides is 1. The molecule has 0 bridgehead atoms. The van der Waals surface area contributed by atoms with E-state index in [0.717, 1.165) is 77.0 Å². The van der Waals surface area contributed by atoms with Crippen LogP contribution in [0.1, 0.15) is 64.2 Å². The van der Waals surface area contributed by atoms with Crippen LogP contribution < -0.4 is 10.1 Å². The molecule has 1 amide bonds. The lowest BCUT2D eigenvalue weighted by Crippen LogP contribution is -2.32. The van der Waals surface area contributed by atoms with Crippen LogP contribution in [-0.2, 0) is 4.79 Å². The molecule has 36 heavy (non-hydrogen) atoms. The van der Waals surface area contributed by atoms with E-state index < -0.39 is 0 Å². The number of fused-ring (bicyclic) bond motifs is 1. The van der Waals surface area contributed by atoms with Gasteiger partial charge in [-0.3, -0.25) is 4.79 Å². The smallest absolute Gasteiger partial charge is 0.244 e. The molecule has 0 aliphatic rings. The van der Waals surface area contributed by atoms with Crippen LogP contribution in [0.15, 0.2) is 47.1 Å². The number of carbonyl (C=O) groups is 1. The predicted octanol–water partition coefficient (Wildman–Crippen LogP) is 7.15. The zero-order chi connectivity index (χ0) is 26.2. The number of nitrogens with one attached hydrogen (secondary N) is 1. The van der Waals surface area contributed by atoms with Crippen molar-refractivity contribution in [2.24, 2.45) is 0 Å². The summed E-state index contributed by atoms with van der Waals surface area (Å²) >= 11 is 0. The summed E-state index contributed by atoms with van der Waals surface area (Å²) in [4.78, 5) is 15.3. The van der Waals surface area contributed by atoms with Crippen molar-refractivity contribution in [3.63, 3.8) is 0 Å². The second-order valence-electron chi connectivity index (χ2n) is 9.61. The van der Waals surface area contributed by atoms with Gasteiger partial charge in [0.05, 0.1) is 12.9 Å². The van der Waals surface area contributed by atoms with Crippen molar-refractivity contribution in [2.45, 2.75) is 67.3 Å². The molecular weight excluding hydrogens is 448 g/mol. The second kappa shape index (κ2) is 12.8. The van der Waals surface area contributed by atoms with Crippen LogP contribution in [0.3, 0.4) is 0 Å². The fourth-order valence-corrected chi connectivity index (χ4v) is 4.69. The molecule has 0 spiro atoms. The Labute approximate surface area is 216 Å². The molecule has 5 nitrogen and oxygen atoms in total. The minimum atomic E-state index is -0.0750. The summed E-state index contributed by atoms with van der Waals surface area (Å²) in [5, 5.41) is 4.16. The first kappa shape index (κ1) is 27.5. The molecule has 0 aliphatic heterocycles. The van der Waals surface area contributed by atoms with Gasteiger partial charge in [0, 0.05) is 34.2 Å². The van der Waals surface area contributed by atoms with Gasteiger partial charge in [0.1, 0.15) is 11.3 Å². The van der Waals surface area contributed by atoms with E-state index in [4.69, 9.17) is 9.15 Å². The fraction of sp³-hybridized carbons (Fsp3) is 0.452. The normalized spacial score (nSPS) is 12.8. The van der Waals surface area contributed by atoms with Crippen LogP contribution in [-0.4, -0.2) is 43.1 Å². The van der Waals surface area contributed by atoms with Crippen molar-refractivity contribution in [2.75, 3.05) is 26.2 Å². The summed E-state index contributed by atoms with van der Waals surface area (Å²) in [5.74, 6) is 0.692. The summed E-state index contributed by atoms with van der Waals surface area (Å²) in [6.07, 6.45) is 5.53. The van der Waals surface area contributed by atoms with E-state index in [1.54, 1.807) is 6.08 Å². The highest BCUT2D eigenvalue weighted by atomic mass is 16.5. The van der Waals surface area contributed by atoms with E-state index in [2.05, 4.69) is 68.2 Å². The molecule has 1 heterocycles. The molecular formula is C31H42N2O3. The summed E-state index contributed by atoms with van der Waals surface area (Å²) < 4.78 is 12.1. The van der Waals surface area contributed by atoms with Crippen LogP contribution in [0.4, 0.5) is 0 Å². The van der Waals surface area contributed by atoms with Crippen molar-refractivity contribution < 1.29 is 13.9 Å². The lowest BCUT2D eigenvalue weighted by molar-refractivity contribution is -0.117. The van der Waals surface area contributed by atoms with Gasteiger partial charge in [0.15, 0.2) is 0 Å². The Balaban J connectivity index is 1.86. The molecule has 3 rings (SSSR count). The van der Waals surface area contributed by atoms with Crippen LogP contribution in [0, 0.1) is 13.8 Å². The Kier molecular flexibility index (Phi) is 9.77. The summed E-state index contributed by atoms with van der Waals surface area (Å²) in [6, 6.07) is 10.7. The van der Waals surface area contributed by atoms with E-state index >= 15 is 0 Å². The molecule has 1 unspecified atom stereocenters. The minimum absolute atomic E-state index is 0.0750. The molecule has 194 valence electrons. The van der Waals surface area contributed by atoms with E-state index in [1.807, 2.05) is 27.0 Å². The quantitative estimate of drug-likeness (QED) is 0.274. The van der Waals surface area contributed by atoms with E-state index in [-0.39, 0.29) is 11.9 Å². The van der Waals surface area contributed by atoms with Gasteiger partial charge in [-0.1, -0.05) is 43.7 Å². The molecule has 0 saturated carbocycles. The first-order valence-corrected chi connectivity index (χ1v) is 13.2. The Morgan fingerprint density at radius 1 is 1.14 bits per heavy atom. The van der Waals surface area contributed by atoms with Crippen molar-refractivity contribution in [1.29, 1.82) is 0 Å². The number of benzene rings is 2. The van der Waals surface area contributed by atoms with Crippen LogP contribution in [0.25, 0.3) is 27.7 Å². The molecule has 1 atom stereocenters. The number of hydrogen-bond acceptors (Lipinski definition) is 4. The minimum Gasteiger partial charge on any atom is -0.493 e. The van der Waals surface area contributed by atoms with Gasteiger partial charge in [-0.2, -0.15) is 0 Å². The van der Waals surface area contributed by atoms with Crippen molar-refractivity contribution in [3.8, 4) is 16.9 Å². The highest BCUT2D eigenvalue weighted by molar-refractivity contribution is 6.01. The van der Waals surface area contributed by atoms with Gasteiger partial charge in [0.25, 0.3) is 0 Å². The summed E-state index contributed by atoms with van der Waals surface area (Å²) in [5.41, 5.74) is 6.91. The molecule has 0 fully saturated rings. The SMILES string of the molecule is CCOc1c(/C(C)=C/C(=O)NC(C)CCCN(CC)CC)cc2c(-c3ccc(C)cc3)coc2c1C. The Morgan fingerprint density at radius 2 is 1.83 bits per heavy atom. The highest BCUT2D eigenvalue weighted by Gasteiger charge is 2.19. The van der Waals surface area contributed by atoms with E-state index in [9.17, 15) is 4.79 Å². The van der Waals surface area contributed by atoms with Gasteiger partial charge in [-0.15, -0.1) is 0 Å². The second-order valence-corrected chi connectivity index (χ2v) is 9.61.